The first-order chi connectivity index (χ1) is 6.50. The van der Waals surface area contributed by atoms with Gasteiger partial charge in [0.1, 0.15) is 5.82 Å². The minimum atomic E-state index is -2.46. The van der Waals surface area contributed by atoms with E-state index in [-0.39, 0.29) is 5.02 Å². The molecule has 0 unspecified atom stereocenters. The second-order valence-electron chi connectivity index (χ2n) is 2.85. The SMILES string of the molecule is Cc1cc(NCC(F)F)c(Cl)cc1F. The van der Waals surface area contributed by atoms with Crippen LogP contribution < -0.4 is 5.32 Å². The lowest BCUT2D eigenvalue weighted by molar-refractivity contribution is 0.163. The lowest BCUT2D eigenvalue weighted by Gasteiger charge is -2.09. The molecule has 0 heterocycles. The van der Waals surface area contributed by atoms with Gasteiger partial charge in [0.25, 0.3) is 6.43 Å². The Bertz CT molecular complexity index is 328. The van der Waals surface area contributed by atoms with E-state index in [0.29, 0.717) is 11.3 Å². The van der Waals surface area contributed by atoms with Gasteiger partial charge in [-0.1, -0.05) is 11.6 Å². The second kappa shape index (κ2) is 4.55. The Morgan fingerprint density at radius 3 is 2.64 bits per heavy atom. The topological polar surface area (TPSA) is 12.0 Å². The summed E-state index contributed by atoms with van der Waals surface area (Å²) in [4.78, 5) is 0. The van der Waals surface area contributed by atoms with Gasteiger partial charge >= 0.3 is 0 Å². The van der Waals surface area contributed by atoms with Crippen LogP contribution in [-0.4, -0.2) is 13.0 Å². The number of hydrogen-bond acceptors (Lipinski definition) is 1. The van der Waals surface area contributed by atoms with E-state index in [1.807, 2.05) is 0 Å². The zero-order valence-corrected chi connectivity index (χ0v) is 8.21. The molecule has 0 saturated carbocycles. The van der Waals surface area contributed by atoms with Gasteiger partial charge in [-0.05, 0) is 24.6 Å². The monoisotopic (exact) mass is 223 g/mol. The van der Waals surface area contributed by atoms with Crippen molar-refractivity contribution in [3.8, 4) is 0 Å². The number of benzene rings is 1. The van der Waals surface area contributed by atoms with Crippen molar-refractivity contribution < 1.29 is 13.2 Å². The van der Waals surface area contributed by atoms with Gasteiger partial charge in [0.15, 0.2) is 0 Å². The summed E-state index contributed by atoms with van der Waals surface area (Å²) >= 11 is 5.64. The first kappa shape index (κ1) is 11.2. The molecule has 0 aliphatic heterocycles. The van der Waals surface area contributed by atoms with Crippen molar-refractivity contribution in [1.82, 2.24) is 0 Å². The number of rotatable bonds is 3. The van der Waals surface area contributed by atoms with Crippen molar-refractivity contribution in [2.24, 2.45) is 0 Å². The number of alkyl halides is 2. The van der Waals surface area contributed by atoms with Crippen molar-refractivity contribution in [2.75, 3.05) is 11.9 Å². The third-order valence-electron chi connectivity index (χ3n) is 1.70. The van der Waals surface area contributed by atoms with E-state index in [2.05, 4.69) is 5.32 Å². The van der Waals surface area contributed by atoms with E-state index in [9.17, 15) is 13.2 Å². The molecular weight excluding hydrogens is 215 g/mol. The highest BCUT2D eigenvalue weighted by Gasteiger charge is 2.07. The van der Waals surface area contributed by atoms with E-state index >= 15 is 0 Å². The molecule has 0 fully saturated rings. The van der Waals surface area contributed by atoms with Crippen LogP contribution in [0.1, 0.15) is 5.56 Å². The number of halogens is 4. The van der Waals surface area contributed by atoms with Gasteiger partial charge in [-0.25, -0.2) is 13.2 Å². The second-order valence-corrected chi connectivity index (χ2v) is 3.26. The first-order valence-electron chi connectivity index (χ1n) is 3.98. The van der Waals surface area contributed by atoms with Gasteiger partial charge in [0, 0.05) is 0 Å². The molecular formula is C9H9ClF3N. The summed E-state index contributed by atoms with van der Waals surface area (Å²) in [5.41, 5.74) is 0.692. The zero-order valence-electron chi connectivity index (χ0n) is 7.45. The van der Waals surface area contributed by atoms with E-state index in [0.717, 1.165) is 6.07 Å². The Labute approximate surface area is 84.9 Å². The van der Waals surface area contributed by atoms with Crippen LogP contribution in [0.15, 0.2) is 12.1 Å². The number of nitrogens with one attached hydrogen (secondary N) is 1. The molecule has 0 radical (unpaired) electrons. The highest BCUT2D eigenvalue weighted by Crippen LogP contribution is 2.25. The van der Waals surface area contributed by atoms with Crippen molar-refractivity contribution in [3.05, 3.63) is 28.5 Å². The summed E-state index contributed by atoms with van der Waals surface area (Å²) in [6.07, 6.45) is -2.46. The van der Waals surface area contributed by atoms with Crippen molar-refractivity contribution in [3.63, 3.8) is 0 Å². The lowest BCUT2D eigenvalue weighted by Crippen LogP contribution is -2.10. The third kappa shape index (κ3) is 2.80. The number of aryl methyl sites for hydroxylation is 1. The highest BCUT2D eigenvalue weighted by molar-refractivity contribution is 6.33. The molecule has 0 spiro atoms. The predicted octanol–water partition coefficient (Wildman–Crippen LogP) is 3.46. The molecule has 78 valence electrons. The van der Waals surface area contributed by atoms with Crippen LogP contribution in [0.3, 0.4) is 0 Å². The normalized spacial score (nSPS) is 10.7. The van der Waals surface area contributed by atoms with Crippen LogP contribution in [0.4, 0.5) is 18.9 Å². The molecule has 0 atom stereocenters. The van der Waals surface area contributed by atoms with E-state index in [4.69, 9.17) is 11.6 Å². The molecule has 0 bridgehead atoms. The van der Waals surface area contributed by atoms with Gasteiger partial charge in [-0.2, -0.15) is 0 Å². The Morgan fingerprint density at radius 2 is 2.07 bits per heavy atom. The molecule has 1 nitrogen and oxygen atoms in total. The maximum absolute atomic E-state index is 12.9. The summed E-state index contributed by atoms with van der Waals surface area (Å²) in [6, 6.07) is 2.50. The molecule has 1 rings (SSSR count). The smallest absolute Gasteiger partial charge is 0.255 e. The van der Waals surface area contributed by atoms with Crippen LogP contribution in [-0.2, 0) is 0 Å². The summed E-state index contributed by atoms with van der Waals surface area (Å²) in [6.45, 7) is 1.05. The summed E-state index contributed by atoms with van der Waals surface area (Å²) in [5, 5.41) is 2.54. The quantitative estimate of drug-likeness (QED) is 0.828. The van der Waals surface area contributed by atoms with E-state index < -0.39 is 18.8 Å². The van der Waals surface area contributed by atoms with Crippen LogP contribution in [0.25, 0.3) is 0 Å². The van der Waals surface area contributed by atoms with Crippen molar-refractivity contribution >= 4 is 17.3 Å². The maximum atomic E-state index is 12.9. The predicted molar refractivity (Wildman–Crippen MR) is 50.6 cm³/mol. The zero-order chi connectivity index (χ0) is 10.7. The Hall–Kier alpha value is -0.900. The van der Waals surface area contributed by atoms with Crippen LogP contribution >= 0.6 is 11.6 Å². The molecule has 0 saturated heterocycles. The third-order valence-corrected chi connectivity index (χ3v) is 2.01. The minimum Gasteiger partial charge on any atom is -0.378 e. The summed E-state index contributed by atoms with van der Waals surface area (Å²) < 4.78 is 36.6. The standard InChI is InChI=1S/C9H9ClF3N/c1-5-2-8(14-4-9(12)13)6(10)3-7(5)11/h2-3,9,14H,4H2,1H3. The minimum absolute atomic E-state index is 0.105. The molecule has 0 aliphatic carbocycles. The Balaban J connectivity index is 2.82. The van der Waals surface area contributed by atoms with Gasteiger partial charge < -0.3 is 5.32 Å². The van der Waals surface area contributed by atoms with Gasteiger partial charge in [0.2, 0.25) is 0 Å². The first-order valence-corrected chi connectivity index (χ1v) is 4.36. The van der Waals surface area contributed by atoms with Crippen molar-refractivity contribution in [2.45, 2.75) is 13.3 Å². The van der Waals surface area contributed by atoms with Gasteiger partial charge in [0.05, 0.1) is 17.3 Å². The average molecular weight is 224 g/mol. The molecule has 0 amide bonds. The average Bonchev–Trinajstić information content (AvgIpc) is 2.09. The highest BCUT2D eigenvalue weighted by atomic mass is 35.5. The van der Waals surface area contributed by atoms with E-state index in [1.54, 1.807) is 6.92 Å². The fourth-order valence-corrected chi connectivity index (χ4v) is 1.20. The van der Waals surface area contributed by atoms with Crippen molar-refractivity contribution in [1.29, 1.82) is 0 Å². The molecule has 0 aromatic heterocycles. The Kier molecular flexibility index (Phi) is 3.63. The maximum Gasteiger partial charge on any atom is 0.255 e. The van der Waals surface area contributed by atoms with Gasteiger partial charge in [-0.15, -0.1) is 0 Å². The van der Waals surface area contributed by atoms with E-state index in [1.165, 1.54) is 6.07 Å². The number of anilines is 1. The molecule has 1 aromatic carbocycles. The Morgan fingerprint density at radius 1 is 1.43 bits per heavy atom. The lowest BCUT2D eigenvalue weighted by atomic mass is 10.2. The number of hydrogen-bond donors (Lipinski definition) is 1. The fraction of sp³-hybridized carbons (Fsp3) is 0.333. The van der Waals surface area contributed by atoms with Crippen LogP contribution in [0, 0.1) is 12.7 Å². The molecule has 1 aromatic rings. The van der Waals surface area contributed by atoms with Crippen LogP contribution in [0.2, 0.25) is 5.02 Å². The molecule has 14 heavy (non-hydrogen) atoms. The molecule has 0 aliphatic rings. The fourth-order valence-electron chi connectivity index (χ4n) is 0.980. The summed E-state index contributed by atoms with van der Waals surface area (Å²) in [7, 11) is 0. The molecule has 1 N–H and O–H groups in total. The molecule has 5 heteroatoms. The van der Waals surface area contributed by atoms with Crippen LogP contribution in [0.5, 0.6) is 0 Å². The largest absolute Gasteiger partial charge is 0.378 e. The van der Waals surface area contributed by atoms with Gasteiger partial charge in [-0.3, -0.25) is 0 Å². The summed E-state index contributed by atoms with van der Waals surface area (Å²) in [5.74, 6) is -0.447.